The van der Waals surface area contributed by atoms with E-state index in [1.165, 1.54) is 55.2 Å². The zero-order chi connectivity index (χ0) is 46.9. The van der Waals surface area contributed by atoms with Gasteiger partial charge in [0.15, 0.2) is 24.1 Å². The number of ether oxygens (including phenoxy) is 7. The number of anilines is 1. The quantitative estimate of drug-likeness (QED) is 0.0425. The number of carbonyl (C=O) groups is 6. The van der Waals surface area contributed by atoms with Crippen LogP contribution in [0.25, 0.3) is 11.1 Å². The van der Waals surface area contributed by atoms with E-state index in [4.69, 9.17) is 33.2 Å². The highest BCUT2D eigenvalue weighted by molar-refractivity contribution is 6.04. The Balaban J connectivity index is 1.27. The second kappa shape index (κ2) is 20.9. The van der Waals surface area contributed by atoms with Crippen LogP contribution in [0.2, 0.25) is 0 Å². The number of hydrogen-bond donors (Lipinski definition) is 0. The third kappa shape index (κ3) is 11.2. The summed E-state index contributed by atoms with van der Waals surface area (Å²) in [6.45, 7) is 4.48. The van der Waals surface area contributed by atoms with Gasteiger partial charge in [0, 0.05) is 44.5 Å². The Morgan fingerprint density at radius 3 is 1.92 bits per heavy atom. The molecular weight excluding hydrogens is 854 g/mol. The third-order valence-corrected chi connectivity index (χ3v) is 10.8. The fraction of sp³-hybridized carbons (Fsp3) is 0.255. The smallest absolute Gasteiger partial charge is 0.415 e. The highest BCUT2D eigenvalue weighted by Crippen LogP contribution is 2.44. The minimum Gasteiger partial charge on any atom is -0.489 e. The van der Waals surface area contributed by atoms with Crippen LogP contribution in [0.4, 0.5) is 14.9 Å². The first-order valence-corrected chi connectivity index (χ1v) is 21.0. The number of amides is 1. The van der Waals surface area contributed by atoms with Gasteiger partial charge < -0.3 is 33.2 Å². The van der Waals surface area contributed by atoms with Crippen molar-refractivity contribution in [2.24, 2.45) is 0 Å². The Morgan fingerprint density at radius 2 is 1.29 bits per heavy atom. The fourth-order valence-corrected chi connectivity index (χ4v) is 7.89. The second-order valence-corrected chi connectivity index (χ2v) is 15.5. The molecule has 1 amide bonds. The van der Waals surface area contributed by atoms with Crippen LogP contribution < -0.4 is 9.64 Å². The van der Waals surface area contributed by atoms with Gasteiger partial charge >= 0.3 is 30.0 Å². The van der Waals surface area contributed by atoms with Crippen molar-refractivity contribution in [1.29, 1.82) is 0 Å². The maximum atomic E-state index is 13.8. The summed E-state index contributed by atoms with van der Waals surface area (Å²) in [5.74, 6) is -3.31. The molecule has 0 bridgehead atoms. The van der Waals surface area contributed by atoms with Gasteiger partial charge in [-0.25, -0.2) is 9.18 Å². The van der Waals surface area contributed by atoms with Crippen molar-refractivity contribution in [3.8, 4) is 16.9 Å². The van der Waals surface area contributed by atoms with Gasteiger partial charge in [-0.2, -0.15) is 0 Å². The van der Waals surface area contributed by atoms with Crippen molar-refractivity contribution in [3.05, 3.63) is 168 Å². The molecule has 2 heterocycles. The topological polar surface area (TPSA) is 170 Å². The number of hydrogen-bond acceptors (Lipinski definition) is 13. The molecule has 0 spiro atoms. The lowest BCUT2D eigenvalue weighted by molar-refractivity contribution is -0.254. The lowest BCUT2D eigenvalue weighted by atomic mass is 9.89. The maximum Gasteiger partial charge on any atom is 0.415 e. The van der Waals surface area contributed by atoms with Crippen LogP contribution in [-0.4, -0.2) is 72.9 Å². The molecule has 7 atom stereocenters. The Morgan fingerprint density at radius 1 is 0.682 bits per heavy atom. The number of benzene rings is 5. The highest BCUT2D eigenvalue weighted by atomic mass is 19.1. The fourth-order valence-electron chi connectivity index (χ4n) is 7.89. The Hall–Kier alpha value is -7.65. The summed E-state index contributed by atoms with van der Waals surface area (Å²) in [5, 5.41) is 0. The Labute approximate surface area is 379 Å². The van der Waals surface area contributed by atoms with E-state index in [2.05, 4.69) is 0 Å². The number of para-hydroxylation sites is 1. The molecule has 7 rings (SSSR count). The number of cyclic esters (lactones) is 1. The van der Waals surface area contributed by atoms with Crippen LogP contribution in [0.3, 0.4) is 0 Å². The Kier molecular flexibility index (Phi) is 14.7. The molecule has 1 unspecified atom stereocenters. The lowest BCUT2D eigenvalue weighted by Crippen LogP contribution is -2.59. The average Bonchev–Trinajstić information content (AvgIpc) is 3.63. The molecule has 15 heteroatoms. The van der Waals surface area contributed by atoms with E-state index >= 15 is 0 Å². The van der Waals surface area contributed by atoms with Crippen LogP contribution in [-0.2, 0) is 54.2 Å². The van der Waals surface area contributed by atoms with Gasteiger partial charge in [-0.15, -0.1) is 0 Å². The molecule has 340 valence electrons. The number of halogens is 1. The Bertz CT molecular complexity index is 2580. The second-order valence-electron chi connectivity index (χ2n) is 15.5. The van der Waals surface area contributed by atoms with Crippen molar-refractivity contribution < 1.29 is 66.3 Å². The zero-order valence-corrected chi connectivity index (χ0v) is 36.4. The molecule has 2 fully saturated rings. The summed E-state index contributed by atoms with van der Waals surface area (Å²) < 4.78 is 54.6. The van der Waals surface area contributed by atoms with Gasteiger partial charge in [-0.1, -0.05) is 84.9 Å². The molecule has 0 aromatic heterocycles. The summed E-state index contributed by atoms with van der Waals surface area (Å²) in [4.78, 5) is 77.5. The predicted molar refractivity (Wildman–Crippen MR) is 235 cm³/mol. The molecule has 2 aliphatic heterocycles. The van der Waals surface area contributed by atoms with E-state index in [9.17, 15) is 33.2 Å². The van der Waals surface area contributed by atoms with Crippen molar-refractivity contribution in [3.63, 3.8) is 0 Å². The lowest BCUT2D eigenvalue weighted by Gasteiger charge is -2.44. The summed E-state index contributed by atoms with van der Waals surface area (Å²) in [6.07, 6.45) is -4.94. The number of rotatable bonds is 15. The standard InChI is InChI=1S/C51H46FNO13/c1-30(54)60-29-45-48(62-31(2)55)50(64-33(4)57)49(63-32(3)56)47(65-45)37-17-15-35(16-18-37)38-21-24-41(44(27-38)61-28-34-11-7-5-8-12-34)46-43(26-25-42(58)36-19-22-39(52)23-20-36)66-51(59)53(46)40-13-9-6-10-14-40/h5-27,43,45-50H,28-29H2,1-4H3/b26-25+/t43-,45-,46-,47?,48-,49+,50+/m1/s1. The zero-order valence-electron chi connectivity index (χ0n) is 36.4. The van der Waals surface area contributed by atoms with Gasteiger partial charge in [0.1, 0.15) is 49.1 Å². The first-order valence-electron chi connectivity index (χ1n) is 21.0. The van der Waals surface area contributed by atoms with Gasteiger partial charge in [-0.3, -0.25) is 28.9 Å². The normalized spacial score (nSPS) is 21.4. The summed E-state index contributed by atoms with van der Waals surface area (Å²) in [7, 11) is 0. The molecule has 66 heavy (non-hydrogen) atoms. The van der Waals surface area contributed by atoms with Gasteiger partial charge in [-0.05, 0) is 76.9 Å². The molecule has 2 aliphatic rings. The van der Waals surface area contributed by atoms with Crippen LogP contribution in [0.5, 0.6) is 5.75 Å². The molecule has 0 saturated carbocycles. The molecule has 0 aliphatic carbocycles. The predicted octanol–water partition coefficient (Wildman–Crippen LogP) is 8.38. The highest BCUT2D eigenvalue weighted by Gasteiger charge is 2.52. The third-order valence-electron chi connectivity index (χ3n) is 10.8. The van der Waals surface area contributed by atoms with E-state index in [0.29, 0.717) is 33.7 Å². The molecule has 0 radical (unpaired) electrons. The van der Waals surface area contributed by atoms with E-state index in [1.54, 1.807) is 48.5 Å². The van der Waals surface area contributed by atoms with Crippen molar-refractivity contribution in [1.82, 2.24) is 0 Å². The first kappa shape index (κ1) is 46.3. The van der Waals surface area contributed by atoms with Crippen LogP contribution in [0.1, 0.15) is 66.9 Å². The van der Waals surface area contributed by atoms with Crippen molar-refractivity contribution in [2.45, 2.75) is 77.0 Å². The minimum absolute atomic E-state index is 0.162. The van der Waals surface area contributed by atoms with E-state index < -0.39 is 84.2 Å². The molecule has 5 aromatic carbocycles. The number of ketones is 1. The van der Waals surface area contributed by atoms with Crippen LogP contribution in [0, 0.1) is 5.82 Å². The molecule has 14 nitrogen and oxygen atoms in total. The van der Waals surface area contributed by atoms with E-state index in [0.717, 1.165) is 19.4 Å². The van der Waals surface area contributed by atoms with Crippen molar-refractivity contribution >= 4 is 41.4 Å². The number of allylic oxidation sites excluding steroid dienone is 1. The van der Waals surface area contributed by atoms with Crippen LogP contribution in [0.15, 0.2) is 140 Å². The monoisotopic (exact) mass is 899 g/mol. The van der Waals surface area contributed by atoms with E-state index in [-0.39, 0.29) is 18.8 Å². The molecule has 2 saturated heterocycles. The first-order chi connectivity index (χ1) is 31.7. The minimum atomic E-state index is -1.34. The maximum absolute atomic E-state index is 13.8. The molecule has 0 N–H and O–H groups in total. The largest absolute Gasteiger partial charge is 0.489 e. The summed E-state index contributed by atoms with van der Waals surface area (Å²) in [6, 6.07) is 35.4. The van der Waals surface area contributed by atoms with Gasteiger partial charge in [0.05, 0.1) is 0 Å². The van der Waals surface area contributed by atoms with E-state index in [1.807, 2.05) is 54.6 Å². The SMILES string of the molecule is CC(=O)OC[C@H]1OC(c2ccc(-c3ccc([C@@H]4[C@@H](/C=C/C(=O)c5ccc(F)cc5)OC(=O)N4c4ccccc4)c(OCc4ccccc4)c3)cc2)[C@H](OC(C)=O)[C@@H](OC(C)=O)[C@@H]1OC(C)=O. The average molecular weight is 900 g/mol. The number of carbonyl (C=O) groups excluding carboxylic acids is 6. The summed E-state index contributed by atoms with van der Waals surface area (Å²) >= 11 is 0. The number of esters is 4. The number of nitrogens with zero attached hydrogens (tertiary/aromatic N) is 1. The van der Waals surface area contributed by atoms with Gasteiger partial charge in [0.25, 0.3) is 0 Å². The summed E-state index contributed by atoms with van der Waals surface area (Å²) in [5.41, 5.74) is 4.14. The van der Waals surface area contributed by atoms with Gasteiger partial charge in [0.2, 0.25) is 0 Å². The molecular formula is C51H46FNO13. The van der Waals surface area contributed by atoms with Crippen LogP contribution >= 0.6 is 0 Å². The molecule has 5 aromatic rings. The van der Waals surface area contributed by atoms with Crippen molar-refractivity contribution in [2.75, 3.05) is 11.5 Å².